The summed E-state index contributed by atoms with van der Waals surface area (Å²) in [6.45, 7) is 1.51. The minimum absolute atomic E-state index is 0.0205. The van der Waals surface area contributed by atoms with Crippen molar-refractivity contribution in [1.29, 1.82) is 0 Å². The molecular formula is C25H35N3O3. The number of hydrogen-bond acceptors (Lipinski definition) is 4. The van der Waals surface area contributed by atoms with Crippen LogP contribution in [0, 0.1) is 17.8 Å². The van der Waals surface area contributed by atoms with Crippen molar-refractivity contribution in [1.82, 2.24) is 14.4 Å². The van der Waals surface area contributed by atoms with Crippen LogP contribution in [0.15, 0.2) is 23.0 Å². The number of carbonyl (C=O) groups excluding carboxylic acids is 1. The lowest BCUT2D eigenvalue weighted by atomic mass is 9.86. The zero-order chi connectivity index (χ0) is 21.7. The summed E-state index contributed by atoms with van der Waals surface area (Å²) in [4.78, 5) is 31.0. The van der Waals surface area contributed by atoms with Crippen LogP contribution in [0.25, 0.3) is 5.57 Å². The van der Waals surface area contributed by atoms with Crippen LogP contribution in [-0.2, 0) is 11.3 Å². The monoisotopic (exact) mass is 425 g/mol. The highest BCUT2D eigenvalue weighted by atomic mass is 16.3. The SMILES string of the molecule is CN(C)C(=O)[C@@H]1[C@@H](CO)[C@@H]2Cn3c(ccc(C4=CCCC4)c3=O)[C@H]1N2CC1CCCC1. The number of nitrogens with zero attached hydrogens (tertiary/aromatic N) is 3. The lowest BCUT2D eigenvalue weighted by Crippen LogP contribution is -2.48. The van der Waals surface area contributed by atoms with Crippen molar-refractivity contribution in [2.24, 2.45) is 17.8 Å². The molecule has 4 atom stereocenters. The maximum absolute atomic E-state index is 13.5. The summed E-state index contributed by atoms with van der Waals surface area (Å²) < 4.78 is 1.93. The van der Waals surface area contributed by atoms with E-state index < -0.39 is 0 Å². The molecule has 31 heavy (non-hydrogen) atoms. The fourth-order valence-corrected chi connectivity index (χ4v) is 6.70. The molecule has 5 rings (SSSR count). The second kappa shape index (κ2) is 8.21. The van der Waals surface area contributed by atoms with Gasteiger partial charge in [-0.2, -0.15) is 0 Å². The van der Waals surface area contributed by atoms with Crippen molar-refractivity contribution in [3.8, 4) is 0 Å². The summed E-state index contributed by atoms with van der Waals surface area (Å²) in [6.07, 6.45) is 10.4. The minimum Gasteiger partial charge on any atom is -0.396 e. The normalized spacial score (nSPS) is 30.5. The molecule has 0 radical (unpaired) electrons. The molecule has 1 saturated carbocycles. The van der Waals surface area contributed by atoms with Crippen molar-refractivity contribution >= 4 is 11.5 Å². The highest BCUT2D eigenvalue weighted by molar-refractivity contribution is 5.80. The fourth-order valence-electron chi connectivity index (χ4n) is 6.70. The van der Waals surface area contributed by atoms with Gasteiger partial charge in [-0.15, -0.1) is 0 Å². The number of fused-ring (bicyclic) bond motifs is 4. The van der Waals surface area contributed by atoms with Crippen LogP contribution in [0.1, 0.15) is 62.2 Å². The summed E-state index contributed by atoms with van der Waals surface area (Å²) in [5, 5.41) is 10.4. The number of aliphatic hydroxyl groups excluding tert-OH is 1. The first kappa shape index (κ1) is 21.0. The van der Waals surface area contributed by atoms with Gasteiger partial charge in [-0.1, -0.05) is 18.9 Å². The Labute approximate surface area is 184 Å². The molecule has 0 aromatic carbocycles. The van der Waals surface area contributed by atoms with Gasteiger partial charge >= 0.3 is 0 Å². The first-order valence-corrected chi connectivity index (χ1v) is 12.0. The summed E-state index contributed by atoms with van der Waals surface area (Å²) >= 11 is 0. The van der Waals surface area contributed by atoms with Crippen LogP contribution in [0.5, 0.6) is 0 Å². The van der Waals surface area contributed by atoms with E-state index in [-0.39, 0.29) is 42.0 Å². The van der Waals surface area contributed by atoms with Gasteiger partial charge < -0.3 is 14.6 Å². The summed E-state index contributed by atoms with van der Waals surface area (Å²) in [7, 11) is 3.59. The van der Waals surface area contributed by atoms with Gasteiger partial charge in [-0.3, -0.25) is 14.5 Å². The molecule has 6 heteroatoms. The molecule has 2 aliphatic carbocycles. The third kappa shape index (κ3) is 3.39. The van der Waals surface area contributed by atoms with Crippen molar-refractivity contribution < 1.29 is 9.90 Å². The Balaban J connectivity index is 1.59. The average Bonchev–Trinajstić information content (AvgIpc) is 3.49. The van der Waals surface area contributed by atoms with Crippen molar-refractivity contribution in [2.45, 2.75) is 63.6 Å². The summed E-state index contributed by atoms with van der Waals surface area (Å²) in [5.41, 5.74) is 3.02. The maximum Gasteiger partial charge on any atom is 0.258 e. The number of aliphatic hydroxyl groups is 1. The van der Waals surface area contributed by atoms with Crippen molar-refractivity contribution in [3.63, 3.8) is 0 Å². The summed E-state index contributed by atoms with van der Waals surface area (Å²) in [5.74, 6) is 0.260. The highest BCUT2D eigenvalue weighted by Crippen LogP contribution is 2.49. The number of amides is 1. The van der Waals surface area contributed by atoms with E-state index in [9.17, 15) is 14.7 Å². The van der Waals surface area contributed by atoms with Crippen LogP contribution in [0.3, 0.4) is 0 Å². The van der Waals surface area contributed by atoms with E-state index in [0.29, 0.717) is 12.5 Å². The Kier molecular flexibility index (Phi) is 5.55. The van der Waals surface area contributed by atoms with Gasteiger partial charge in [0.25, 0.3) is 5.56 Å². The standard InChI is InChI=1S/C25H35N3O3/c1-26(2)25(31)22-19(15-29)21-14-28-20(23(22)27(21)13-16-7-3-4-8-16)12-11-18(24(28)30)17-9-5-6-10-17/h9,11-12,16,19,21-23,29H,3-8,10,13-15H2,1-2H3/t19-,21-,22+,23+/m0/s1. The van der Waals surface area contributed by atoms with E-state index in [1.165, 1.54) is 31.3 Å². The molecule has 3 heterocycles. The number of allylic oxidation sites excluding steroid dienone is 2. The average molecular weight is 426 g/mol. The van der Waals surface area contributed by atoms with Crippen molar-refractivity contribution in [3.05, 3.63) is 39.8 Å². The molecule has 1 N–H and O–H groups in total. The smallest absolute Gasteiger partial charge is 0.258 e. The second-order valence-corrected chi connectivity index (χ2v) is 10.2. The molecule has 1 aromatic rings. The Morgan fingerprint density at radius 1 is 1.19 bits per heavy atom. The van der Waals surface area contributed by atoms with Crippen LogP contribution in [-0.4, -0.2) is 58.7 Å². The van der Waals surface area contributed by atoms with E-state index in [0.717, 1.165) is 37.1 Å². The molecule has 168 valence electrons. The molecule has 2 aliphatic heterocycles. The topological polar surface area (TPSA) is 65.8 Å². The Morgan fingerprint density at radius 2 is 1.97 bits per heavy atom. The molecule has 4 aliphatic rings. The Hall–Kier alpha value is -1.92. The molecule has 2 bridgehead atoms. The van der Waals surface area contributed by atoms with E-state index in [1.807, 2.05) is 10.6 Å². The van der Waals surface area contributed by atoms with E-state index in [4.69, 9.17) is 0 Å². The van der Waals surface area contributed by atoms with Gasteiger partial charge in [0.2, 0.25) is 5.91 Å². The number of hydrogen-bond donors (Lipinski definition) is 1. The van der Waals surface area contributed by atoms with Crippen molar-refractivity contribution in [2.75, 3.05) is 27.2 Å². The highest BCUT2D eigenvalue weighted by Gasteiger charge is 2.56. The summed E-state index contributed by atoms with van der Waals surface area (Å²) in [6, 6.07) is 3.98. The largest absolute Gasteiger partial charge is 0.396 e. The molecule has 6 nitrogen and oxygen atoms in total. The zero-order valence-corrected chi connectivity index (χ0v) is 18.8. The maximum atomic E-state index is 13.5. The molecular weight excluding hydrogens is 390 g/mol. The van der Waals surface area contributed by atoms with Gasteiger partial charge in [0.1, 0.15) is 0 Å². The number of aromatic nitrogens is 1. The van der Waals surface area contributed by atoms with Crippen LogP contribution in [0.2, 0.25) is 0 Å². The first-order chi connectivity index (χ1) is 15.0. The quantitative estimate of drug-likeness (QED) is 0.788. The van der Waals surface area contributed by atoms with Gasteiger partial charge in [-0.25, -0.2) is 0 Å². The molecule has 1 amide bonds. The Bertz CT molecular complexity index is 944. The van der Waals surface area contributed by atoms with Crippen LogP contribution < -0.4 is 5.56 Å². The number of rotatable bonds is 5. The van der Waals surface area contributed by atoms with Gasteiger partial charge in [-0.05, 0) is 55.7 Å². The minimum atomic E-state index is -0.309. The third-order valence-electron chi connectivity index (χ3n) is 8.23. The second-order valence-electron chi connectivity index (χ2n) is 10.2. The van der Waals surface area contributed by atoms with Gasteiger partial charge in [0.05, 0.1) is 12.0 Å². The molecule has 1 saturated heterocycles. The zero-order valence-electron chi connectivity index (χ0n) is 18.8. The molecule has 1 aromatic heterocycles. The molecule has 0 unspecified atom stereocenters. The van der Waals surface area contributed by atoms with Crippen LogP contribution in [0.4, 0.5) is 0 Å². The molecule has 2 fully saturated rings. The van der Waals surface area contributed by atoms with Gasteiger partial charge in [0.15, 0.2) is 0 Å². The molecule has 0 spiro atoms. The fraction of sp³-hybridized carbons (Fsp3) is 0.680. The predicted molar refractivity (Wildman–Crippen MR) is 120 cm³/mol. The van der Waals surface area contributed by atoms with E-state index in [1.54, 1.807) is 19.0 Å². The van der Waals surface area contributed by atoms with E-state index in [2.05, 4.69) is 17.0 Å². The Morgan fingerprint density at radius 3 is 2.61 bits per heavy atom. The third-order valence-corrected chi connectivity index (χ3v) is 8.23. The van der Waals surface area contributed by atoms with Crippen LogP contribution >= 0.6 is 0 Å². The number of pyridine rings is 1. The first-order valence-electron chi connectivity index (χ1n) is 12.0. The number of carbonyl (C=O) groups is 1. The van der Waals surface area contributed by atoms with E-state index >= 15 is 0 Å². The predicted octanol–water partition coefficient (Wildman–Crippen LogP) is 2.66. The lowest BCUT2D eigenvalue weighted by Gasteiger charge is -2.39. The lowest BCUT2D eigenvalue weighted by molar-refractivity contribution is -0.135. The van der Waals surface area contributed by atoms with Gasteiger partial charge in [0, 0.05) is 57.0 Å².